The van der Waals surface area contributed by atoms with E-state index in [2.05, 4.69) is 43.4 Å². The monoisotopic (exact) mass is 303 g/mol. The smallest absolute Gasteiger partial charge is 0.123 e. The largest absolute Gasteiger partial charge is 0.494 e. The summed E-state index contributed by atoms with van der Waals surface area (Å²) in [6.07, 6.45) is 0. The molecule has 0 aliphatic rings. The first-order valence-corrected chi connectivity index (χ1v) is 7.79. The second-order valence-corrected chi connectivity index (χ2v) is 5.43. The first-order chi connectivity index (χ1) is 10.1. The molecule has 0 atom stereocenters. The molecule has 0 unspecified atom stereocenters. The van der Waals surface area contributed by atoms with Crippen molar-refractivity contribution >= 4 is 17.3 Å². The van der Waals surface area contributed by atoms with Crippen molar-refractivity contribution in [3.05, 3.63) is 58.7 Å². The van der Waals surface area contributed by atoms with Crippen LogP contribution in [0.5, 0.6) is 5.75 Å². The molecule has 0 amide bonds. The third kappa shape index (κ3) is 4.15. The molecule has 0 aromatic heterocycles. The molecule has 2 nitrogen and oxygen atoms in total. The maximum atomic E-state index is 5.99. The molecule has 2 aromatic carbocycles. The van der Waals surface area contributed by atoms with Crippen molar-refractivity contribution in [2.45, 2.75) is 33.2 Å². The Hall–Kier alpha value is -1.67. The highest BCUT2D eigenvalue weighted by atomic mass is 35.5. The number of benzene rings is 2. The Morgan fingerprint density at radius 3 is 2.52 bits per heavy atom. The normalized spacial score (nSPS) is 10.5. The topological polar surface area (TPSA) is 21.3 Å². The summed E-state index contributed by atoms with van der Waals surface area (Å²) >= 11 is 5.99. The fourth-order valence-corrected chi connectivity index (χ4v) is 2.42. The maximum Gasteiger partial charge on any atom is 0.123 e. The summed E-state index contributed by atoms with van der Waals surface area (Å²) in [5.41, 5.74) is 6.00. The van der Waals surface area contributed by atoms with Crippen LogP contribution in [-0.2, 0) is 12.4 Å². The number of alkyl halides is 1. The van der Waals surface area contributed by atoms with Crippen LogP contribution < -0.4 is 10.1 Å². The summed E-state index contributed by atoms with van der Waals surface area (Å²) in [5.74, 6) is 1.32. The molecule has 0 fully saturated rings. The van der Waals surface area contributed by atoms with Crippen LogP contribution in [-0.4, -0.2) is 6.61 Å². The zero-order chi connectivity index (χ0) is 15.2. The summed E-state index contributed by atoms with van der Waals surface area (Å²) in [6, 6.07) is 12.6. The maximum absolute atomic E-state index is 5.99. The van der Waals surface area contributed by atoms with Gasteiger partial charge in [-0.2, -0.15) is 0 Å². The Kier molecular flexibility index (Phi) is 5.51. The minimum atomic E-state index is 0.453. The molecule has 3 heteroatoms. The highest BCUT2D eigenvalue weighted by molar-refractivity contribution is 6.17. The van der Waals surface area contributed by atoms with Crippen LogP contribution in [0.2, 0.25) is 0 Å². The summed E-state index contributed by atoms with van der Waals surface area (Å²) < 4.78 is 5.56. The number of ether oxygens (including phenoxy) is 1. The van der Waals surface area contributed by atoms with E-state index in [0.29, 0.717) is 12.5 Å². The van der Waals surface area contributed by atoms with Crippen LogP contribution in [0.3, 0.4) is 0 Å². The highest BCUT2D eigenvalue weighted by Gasteiger charge is 2.04. The van der Waals surface area contributed by atoms with E-state index in [4.69, 9.17) is 16.3 Å². The lowest BCUT2D eigenvalue weighted by atomic mass is 10.1. The van der Waals surface area contributed by atoms with Crippen LogP contribution in [0.25, 0.3) is 0 Å². The van der Waals surface area contributed by atoms with E-state index in [1.54, 1.807) is 0 Å². The number of halogens is 1. The predicted octanol–water partition coefficient (Wildman–Crippen LogP) is 5.05. The molecule has 1 N–H and O–H groups in total. The van der Waals surface area contributed by atoms with Crippen molar-refractivity contribution < 1.29 is 4.74 Å². The van der Waals surface area contributed by atoms with Crippen LogP contribution in [0, 0.1) is 13.8 Å². The molecule has 0 aliphatic heterocycles. The molecule has 2 rings (SSSR count). The molecular weight excluding hydrogens is 282 g/mol. The van der Waals surface area contributed by atoms with Gasteiger partial charge in [0.25, 0.3) is 0 Å². The highest BCUT2D eigenvalue weighted by Crippen LogP contribution is 2.25. The molecule has 0 heterocycles. The average molecular weight is 304 g/mol. The lowest BCUT2D eigenvalue weighted by Gasteiger charge is -2.12. The molecule has 0 bridgehead atoms. The molecule has 0 spiro atoms. The average Bonchev–Trinajstić information content (AvgIpc) is 2.49. The molecule has 0 aliphatic carbocycles. The standard InChI is InChI=1S/C18H22ClNO/c1-4-21-18-8-7-17(10-16(18)11-19)20-12-15-6-5-13(2)14(3)9-15/h5-10,20H,4,11-12H2,1-3H3. The molecule has 21 heavy (non-hydrogen) atoms. The van der Waals surface area contributed by atoms with Gasteiger partial charge in [0.15, 0.2) is 0 Å². The molecule has 0 saturated carbocycles. The SMILES string of the molecule is CCOc1ccc(NCc2ccc(C)c(C)c2)cc1CCl. The van der Waals surface area contributed by atoms with Crippen LogP contribution in [0.4, 0.5) is 5.69 Å². The fourth-order valence-electron chi connectivity index (χ4n) is 2.21. The van der Waals surface area contributed by atoms with E-state index in [1.165, 1.54) is 16.7 Å². The van der Waals surface area contributed by atoms with Gasteiger partial charge in [0.1, 0.15) is 5.75 Å². The Balaban J connectivity index is 2.07. The first-order valence-electron chi connectivity index (χ1n) is 7.25. The van der Waals surface area contributed by atoms with Crippen molar-refractivity contribution in [1.29, 1.82) is 0 Å². The number of nitrogens with one attached hydrogen (secondary N) is 1. The van der Waals surface area contributed by atoms with Gasteiger partial charge in [-0.15, -0.1) is 11.6 Å². The lowest BCUT2D eigenvalue weighted by molar-refractivity contribution is 0.337. The number of hydrogen-bond donors (Lipinski definition) is 1. The van der Waals surface area contributed by atoms with Gasteiger partial charge in [0.2, 0.25) is 0 Å². The molecule has 112 valence electrons. The second kappa shape index (κ2) is 7.37. The van der Waals surface area contributed by atoms with Gasteiger partial charge in [0.05, 0.1) is 12.5 Å². The van der Waals surface area contributed by atoms with Crippen molar-refractivity contribution in [2.24, 2.45) is 0 Å². The van der Waals surface area contributed by atoms with E-state index in [9.17, 15) is 0 Å². The van der Waals surface area contributed by atoms with Crippen molar-refractivity contribution in [2.75, 3.05) is 11.9 Å². The van der Waals surface area contributed by atoms with Gasteiger partial charge < -0.3 is 10.1 Å². The van der Waals surface area contributed by atoms with E-state index in [1.807, 2.05) is 19.1 Å². The summed E-state index contributed by atoms with van der Waals surface area (Å²) in [4.78, 5) is 0. The third-order valence-electron chi connectivity index (χ3n) is 3.57. The summed E-state index contributed by atoms with van der Waals surface area (Å²) in [6.45, 7) is 7.70. The van der Waals surface area contributed by atoms with Gasteiger partial charge in [-0.3, -0.25) is 0 Å². The molecule has 2 aromatic rings. The van der Waals surface area contributed by atoms with E-state index in [-0.39, 0.29) is 0 Å². The quantitative estimate of drug-likeness (QED) is 0.754. The number of rotatable bonds is 6. The fraction of sp³-hybridized carbons (Fsp3) is 0.333. The van der Waals surface area contributed by atoms with Crippen molar-refractivity contribution in [1.82, 2.24) is 0 Å². The van der Waals surface area contributed by atoms with Crippen LogP contribution >= 0.6 is 11.6 Å². The zero-order valence-corrected chi connectivity index (χ0v) is 13.6. The summed E-state index contributed by atoms with van der Waals surface area (Å²) in [7, 11) is 0. The molecular formula is C18H22ClNO. The molecule has 0 radical (unpaired) electrons. The number of aryl methyl sites for hydroxylation is 2. The number of anilines is 1. The Morgan fingerprint density at radius 2 is 1.86 bits per heavy atom. The predicted molar refractivity (Wildman–Crippen MR) is 90.4 cm³/mol. The van der Waals surface area contributed by atoms with E-state index in [0.717, 1.165) is 23.5 Å². The van der Waals surface area contributed by atoms with Gasteiger partial charge in [-0.05, 0) is 55.7 Å². The Bertz CT molecular complexity index is 610. The van der Waals surface area contributed by atoms with Crippen LogP contribution in [0.15, 0.2) is 36.4 Å². The van der Waals surface area contributed by atoms with Crippen LogP contribution in [0.1, 0.15) is 29.2 Å². The second-order valence-electron chi connectivity index (χ2n) is 5.16. The Morgan fingerprint density at radius 1 is 1.05 bits per heavy atom. The molecule has 0 saturated heterocycles. The minimum absolute atomic E-state index is 0.453. The van der Waals surface area contributed by atoms with Gasteiger partial charge in [-0.1, -0.05) is 18.2 Å². The van der Waals surface area contributed by atoms with Gasteiger partial charge in [0, 0.05) is 17.8 Å². The Labute approximate surface area is 132 Å². The minimum Gasteiger partial charge on any atom is -0.494 e. The van der Waals surface area contributed by atoms with Gasteiger partial charge in [-0.25, -0.2) is 0 Å². The number of hydrogen-bond acceptors (Lipinski definition) is 2. The van der Waals surface area contributed by atoms with E-state index >= 15 is 0 Å². The third-order valence-corrected chi connectivity index (χ3v) is 3.86. The lowest BCUT2D eigenvalue weighted by Crippen LogP contribution is -2.02. The van der Waals surface area contributed by atoms with E-state index < -0.39 is 0 Å². The van der Waals surface area contributed by atoms with Crippen molar-refractivity contribution in [3.63, 3.8) is 0 Å². The van der Waals surface area contributed by atoms with Crippen molar-refractivity contribution in [3.8, 4) is 5.75 Å². The summed E-state index contributed by atoms with van der Waals surface area (Å²) in [5, 5.41) is 3.44. The van der Waals surface area contributed by atoms with Gasteiger partial charge >= 0.3 is 0 Å². The first kappa shape index (κ1) is 15.7. The zero-order valence-electron chi connectivity index (χ0n) is 12.9.